The average molecular weight is 288 g/mol. The van der Waals surface area contributed by atoms with Gasteiger partial charge in [-0.15, -0.1) is 0 Å². The molecule has 21 heavy (non-hydrogen) atoms. The van der Waals surface area contributed by atoms with Crippen molar-refractivity contribution >= 4 is 17.8 Å². The van der Waals surface area contributed by atoms with Crippen molar-refractivity contribution in [1.29, 1.82) is 0 Å². The molecule has 0 spiro atoms. The van der Waals surface area contributed by atoms with Crippen LogP contribution in [0.15, 0.2) is 24.3 Å². The van der Waals surface area contributed by atoms with E-state index in [2.05, 4.69) is 20.3 Å². The summed E-state index contributed by atoms with van der Waals surface area (Å²) in [6.45, 7) is 0.677. The van der Waals surface area contributed by atoms with Gasteiger partial charge in [-0.3, -0.25) is 0 Å². The lowest BCUT2D eigenvalue weighted by atomic mass is 10.1. The van der Waals surface area contributed by atoms with Crippen molar-refractivity contribution in [3.63, 3.8) is 0 Å². The zero-order valence-corrected chi connectivity index (χ0v) is 12.5. The van der Waals surface area contributed by atoms with E-state index >= 15 is 0 Å². The summed E-state index contributed by atoms with van der Waals surface area (Å²) in [5, 5.41) is 3.16. The molecule has 0 unspecified atom stereocenters. The second-order valence-corrected chi connectivity index (χ2v) is 4.70. The predicted molar refractivity (Wildman–Crippen MR) is 83.8 cm³/mol. The van der Waals surface area contributed by atoms with E-state index in [1.54, 1.807) is 12.0 Å². The minimum Gasteiger partial charge on any atom is -0.496 e. The Labute approximate surface area is 124 Å². The number of nitrogens with zero attached hydrogens (tertiary/aromatic N) is 4. The van der Waals surface area contributed by atoms with Crippen molar-refractivity contribution in [2.75, 3.05) is 43.7 Å². The molecule has 0 atom stereocenters. The van der Waals surface area contributed by atoms with Crippen LogP contribution in [0.3, 0.4) is 0 Å². The summed E-state index contributed by atoms with van der Waals surface area (Å²) in [7, 11) is 5.38. The molecular weight excluding hydrogens is 268 g/mol. The van der Waals surface area contributed by atoms with Gasteiger partial charge in [0.15, 0.2) is 0 Å². The fourth-order valence-electron chi connectivity index (χ4n) is 1.88. The van der Waals surface area contributed by atoms with Crippen molar-refractivity contribution < 1.29 is 4.74 Å². The summed E-state index contributed by atoms with van der Waals surface area (Å²) in [4.78, 5) is 14.2. The number of benzene rings is 1. The van der Waals surface area contributed by atoms with E-state index in [0.717, 1.165) is 17.7 Å². The molecule has 7 heteroatoms. The van der Waals surface area contributed by atoms with Gasteiger partial charge < -0.3 is 20.7 Å². The van der Waals surface area contributed by atoms with Gasteiger partial charge in [0.05, 0.1) is 7.11 Å². The number of hydrogen-bond donors (Lipinski definition) is 2. The number of anilines is 3. The van der Waals surface area contributed by atoms with Gasteiger partial charge in [0.25, 0.3) is 0 Å². The first-order chi connectivity index (χ1) is 10.1. The molecule has 0 radical (unpaired) electrons. The lowest BCUT2D eigenvalue weighted by molar-refractivity contribution is 0.410. The van der Waals surface area contributed by atoms with E-state index in [-0.39, 0.29) is 5.95 Å². The highest BCUT2D eigenvalue weighted by Crippen LogP contribution is 2.17. The molecule has 1 heterocycles. The van der Waals surface area contributed by atoms with E-state index in [0.29, 0.717) is 18.4 Å². The number of rotatable bonds is 6. The molecule has 0 saturated heterocycles. The van der Waals surface area contributed by atoms with Crippen LogP contribution < -0.4 is 20.7 Å². The Morgan fingerprint density at radius 2 is 1.95 bits per heavy atom. The predicted octanol–water partition coefficient (Wildman–Crippen LogP) is 1.18. The van der Waals surface area contributed by atoms with E-state index in [4.69, 9.17) is 10.5 Å². The molecule has 0 fully saturated rings. The molecule has 2 aromatic rings. The third-order valence-corrected chi connectivity index (χ3v) is 2.91. The van der Waals surface area contributed by atoms with Gasteiger partial charge in [0.2, 0.25) is 17.8 Å². The minimum atomic E-state index is 0.202. The smallest absolute Gasteiger partial charge is 0.231 e. The number of ether oxygens (including phenoxy) is 1. The zero-order valence-electron chi connectivity index (χ0n) is 12.5. The molecule has 0 aliphatic rings. The number of aromatic nitrogens is 3. The van der Waals surface area contributed by atoms with Crippen LogP contribution in [0.5, 0.6) is 5.75 Å². The molecule has 3 N–H and O–H groups in total. The Kier molecular flexibility index (Phi) is 4.76. The Bertz CT molecular complexity index is 602. The lowest BCUT2D eigenvalue weighted by Gasteiger charge is -2.12. The van der Waals surface area contributed by atoms with Crippen LogP contribution in [0.1, 0.15) is 5.56 Å². The maximum absolute atomic E-state index is 5.68. The largest absolute Gasteiger partial charge is 0.496 e. The fourth-order valence-corrected chi connectivity index (χ4v) is 1.88. The Morgan fingerprint density at radius 1 is 1.19 bits per heavy atom. The van der Waals surface area contributed by atoms with Crippen LogP contribution in [0.2, 0.25) is 0 Å². The maximum atomic E-state index is 5.68. The highest BCUT2D eigenvalue weighted by atomic mass is 16.5. The molecule has 0 saturated carbocycles. The van der Waals surface area contributed by atoms with Crippen LogP contribution in [0.4, 0.5) is 17.8 Å². The number of nitrogens with two attached hydrogens (primary N) is 1. The Hall–Kier alpha value is -2.57. The Morgan fingerprint density at radius 3 is 2.67 bits per heavy atom. The minimum absolute atomic E-state index is 0.202. The first kappa shape index (κ1) is 14.8. The fraction of sp³-hybridized carbons (Fsp3) is 0.357. The van der Waals surface area contributed by atoms with Gasteiger partial charge in [-0.1, -0.05) is 18.2 Å². The molecule has 7 nitrogen and oxygen atoms in total. The quantitative estimate of drug-likeness (QED) is 0.825. The van der Waals surface area contributed by atoms with Crippen molar-refractivity contribution in [2.24, 2.45) is 0 Å². The summed E-state index contributed by atoms with van der Waals surface area (Å²) in [5.74, 6) is 2.08. The van der Waals surface area contributed by atoms with E-state index in [1.165, 1.54) is 0 Å². The lowest BCUT2D eigenvalue weighted by Crippen LogP contribution is -2.17. The van der Waals surface area contributed by atoms with Gasteiger partial charge >= 0.3 is 0 Å². The second-order valence-electron chi connectivity index (χ2n) is 4.70. The third-order valence-electron chi connectivity index (χ3n) is 2.91. The normalized spacial score (nSPS) is 10.2. The molecule has 1 aromatic carbocycles. The summed E-state index contributed by atoms with van der Waals surface area (Å²) in [6, 6.07) is 7.92. The van der Waals surface area contributed by atoms with Crippen LogP contribution in [-0.2, 0) is 6.42 Å². The van der Waals surface area contributed by atoms with Gasteiger partial charge in [-0.25, -0.2) is 0 Å². The molecule has 0 aliphatic carbocycles. The van der Waals surface area contributed by atoms with Crippen molar-refractivity contribution in [3.05, 3.63) is 29.8 Å². The number of nitrogen functional groups attached to an aromatic ring is 1. The van der Waals surface area contributed by atoms with Crippen LogP contribution in [-0.4, -0.2) is 42.7 Å². The van der Waals surface area contributed by atoms with Gasteiger partial charge in [-0.05, 0) is 18.1 Å². The summed E-state index contributed by atoms with van der Waals surface area (Å²) < 4.78 is 5.32. The van der Waals surface area contributed by atoms with Crippen molar-refractivity contribution in [3.8, 4) is 5.75 Å². The highest BCUT2D eigenvalue weighted by Gasteiger charge is 2.06. The number of nitrogens with one attached hydrogen (secondary N) is 1. The van der Waals surface area contributed by atoms with E-state index < -0.39 is 0 Å². The highest BCUT2D eigenvalue weighted by molar-refractivity contribution is 5.41. The molecule has 1 aromatic heterocycles. The number of methoxy groups -OCH3 is 1. The molecule has 0 amide bonds. The van der Waals surface area contributed by atoms with Crippen LogP contribution >= 0.6 is 0 Å². The van der Waals surface area contributed by atoms with Gasteiger partial charge in [0.1, 0.15) is 5.75 Å². The first-order valence-electron chi connectivity index (χ1n) is 6.65. The first-order valence-corrected chi connectivity index (χ1v) is 6.65. The monoisotopic (exact) mass is 288 g/mol. The Balaban J connectivity index is 2.00. The summed E-state index contributed by atoms with van der Waals surface area (Å²) in [5.41, 5.74) is 6.80. The summed E-state index contributed by atoms with van der Waals surface area (Å²) in [6.07, 6.45) is 0.799. The molecule has 0 aliphatic heterocycles. The van der Waals surface area contributed by atoms with E-state index in [9.17, 15) is 0 Å². The standard InChI is InChI=1S/C14H20N6O/c1-20(2)14-18-12(15)17-13(19-14)16-9-8-10-6-4-5-7-11(10)21-3/h4-7H,8-9H2,1-3H3,(H3,15,16,17,18,19). The molecule has 0 bridgehead atoms. The van der Waals surface area contributed by atoms with Crippen molar-refractivity contribution in [2.45, 2.75) is 6.42 Å². The van der Waals surface area contributed by atoms with Crippen LogP contribution in [0, 0.1) is 0 Å². The average Bonchev–Trinajstić information content (AvgIpc) is 2.47. The third kappa shape index (κ3) is 3.95. The second kappa shape index (κ2) is 6.74. The maximum Gasteiger partial charge on any atom is 0.231 e. The molecular formula is C14H20N6O. The molecule has 2 rings (SSSR count). The van der Waals surface area contributed by atoms with Gasteiger partial charge in [-0.2, -0.15) is 15.0 Å². The van der Waals surface area contributed by atoms with Crippen molar-refractivity contribution in [1.82, 2.24) is 15.0 Å². The summed E-state index contributed by atoms with van der Waals surface area (Å²) >= 11 is 0. The zero-order chi connectivity index (χ0) is 15.2. The van der Waals surface area contributed by atoms with E-state index in [1.807, 2.05) is 38.4 Å². The van der Waals surface area contributed by atoms with Crippen LogP contribution in [0.25, 0.3) is 0 Å². The number of hydrogen-bond acceptors (Lipinski definition) is 7. The number of para-hydroxylation sites is 1. The topological polar surface area (TPSA) is 89.2 Å². The SMILES string of the molecule is COc1ccccc1CCNc1nc(N)nc(N(C)C)n1. The van der Waals surface area contributed by atoms with Gasteiger partial charge in [0, 0.05) is 20.6 Å². The molecule has 112 valence electrons.